The maximum Gasteiger partial charge on any atom is 0.227 e. The van der Waals surface area contributed by atoms with Crippen LogP contribution in [0, 0.1) is 0 Å². The van der Waals surface area contributed by atoms with E-state index in [9.17, 15) is 4.79 Å². The topological polar surface area (TPSA) is 42.4 Å². The van der Waals surface area contributed by atoms with Crippen molar-refractivity contribution < 1.29 is 9.53 Å². The number of likely N-dealkylation sites (N-methyl/N-ethyl adjacent to an activating group) is 1. The monoisotopic (exact) mass is 276 g/mol. The Balaban J connectivity index is 2.00. The predicted molar refractivity (Wildman–Crippen MR) is 75.3 cm³/mol. The van der Waals surface area contributed by atoms with Gasteiger partial charge in [0.05, 0.1) is 20.1 Å². The quantitative estimate of drug-likeness (QED) is 0.842. The van der Waals surface area contributed by atoms with E-state index in [1.807, 2.05) is 29.6 Å². The van der Waals surface area contributed by atoms with Crippen LogP contribution < -0.4 is 4.74 Å². The fourth-order valence-corrected chi connectivity index (χ4v) is 2.44. The summed E-state index contributed by atoms with van der Waals surface area (Å²) in [5.41, 5.74) is 0.904. The number of carbonyl (C=O) groups excluding carboxylic acids is 1. The molecule has 0 bridgehead atoms. The third-order valence-electron chi connectivity index (χ3n) is 2.82. The van der Waals surface area contributed by atoms with Crippen LogP contribution in [0.1, 0.15) is 10.6 Å². The predicted octanol–water partition coefficient (Wildman–Crippen LogP) is 2.35. The standard InChI is InChI=1S/C14H16N2O2S/c1-16(10-13-15-7-8-19-13)14(17)9-11-5-3-4-6-12(11)18-2/h3-8H,9-10H2,1-2H3. The van der Waals surface area contributed by atoms with Crippen LogP contribution in [0.3, 0.4) is 0 Å². The molecule has 0 unspecified atom stereocenters. The van der Waals surface area contributed by atoms with Gasteiger partial charge in [0.2, 0.25) is 5.91 Å². The average molecular weight is 276 g/mol. The fraction of sp³-hybridized carbons (Fsp3) is 0.286. The van der Waals surface area contributed by atoms with E-state index in [0.717, 1.165) is 16.3 Å². The lowest BCUT2D eigenvalue weighted by Gasteiger charge is -2.16. The molecule has 2 rings (SSSR count). The Labute approximate surface area is 116 Å². The highest BCUT2D eigenvalue weighted by molar-refractivity contribution is 7.09. The summed E-state index contributed by atoms with van der Waals surface area (Å²) in [7, 11) is 3.40. The number of rotatable bonds is 5. The SMILES string of the molecule is COc1ccccc1CC(=O)N(C)Cc1nccs1. The van der Waals surface area contributed by atoms with E-state index in [0.29, 0.717) is 13.0 Å². The van der Waals surface area contributed by atoms with Gasteiger partial charge in [0.1, 0.15) is 10.8 Å². The lowest BCUT2D eigenvalue weighted by molar-refractivity contribution is -0.129. The van der Waals surface area contributed by atoms with E-state index in [-0.39, 0.29) is 5.91 Å². The van der Waals surface area contributed by atoms with Crippen molar-refractivity contribution in [3.8, 4) is 5.75 Å². The van der Waals surface area contributed by atoms with Gasteiger partial charge in [-0.05, 0) is 6.07 Å². The number of ether oxygens (including phenoxy) is 1. The molecule has 1 aromatic carbocycles. The molecule has 0 saturated heterocycles. The van der Waals surface area contributed by atoms with Gasteiger partial charge in [-0.15, -0.1) is 11.3 Å². The summed E-state index contributed by atoms with van der Waals surface area (Å²) in [6, 6.07) is 7.58. The first-order valence-electron chi connectivity index (χ1n) is 5.95. The minimum atomic E-state index is 0.0553. The second-order valence-electron chi connectivity index (χ2n) is 4.16. The van der Waals surface area contributed by atoms with Crippen molar-refractivity contribution in [2.45, 2.75) is 13.0 Å². The summed E-state index contributed by atoms with van der Waals surface area (Å²) in [6.07, 6.45) is 2.09. The summed E-state index contributed by atoms with van der Waals surface area (Å²) in [5, 5.41) is 2.85. The molecular weight excluding hydrogens is 260 g/mol. The maximum atomic E-state index is 12.2. The highest BCUT2D eigenvalue weighted by Gasteiger charge is 2.13. The Kier molecular flexibility index (Phi) is 4.52. The Morgan fingerprint density at radius 2 is 2.21 bits per heavy atom. The smallest absolute Gasteiger partial charge is 0.227 e. The number of aromatic nitrogens is 1. The van der Waals surface area contributed by atoms with Crippen LogP contribution in [0.5, 0.6) is 5.75 Å². The van der Waals surface area contributed by atoms with Crippen molar-refractivity contribution in [2.24, 2.45) is 0 Å². The molecule has 1 amide bonds. The van der Waals surface area contributed by atoms with Gasteiger partial charge in [-0.25, -0.2) is 4.98 Å². The van der Waals surface area contributed by atoms with Crippen molar-refractivity contribution in [1.29, 1.82) is 0 Å². The third kappa shape index (κ3) is 3.54. The Bertz CT molecular complexity index is 540. The molecule has 1 aromatic heterocycles. The molecule has 4 nitrogen and oxygen atoms in total. The molecule has 100 valence electrons. The summed E-state index contributed by atoms with van der Waals surface area (Å²) >= 11 is 1.55. The molecule has 0 N–H and O–H groups in total. The maximum absolute atomic E-state index is 12.2. The summed E-state index contributed by atoms with van der Waals surface area (Å²) in [6.45, 7) is 0.547. The number of amides is 1. The molecule has 1 heterocycles. The van der Waals surface area contributed by atoms with Crippen molar-refractivity contribution >= 4 is 17.2 Å². The van der Waals surface area contributed by atoms with Gasteiger partial charge in [-0.3, -0.25) is 4.79 Å². The van der Waals surface area contributed by atoms with Gasteiger partial charge in [-0.2, -0.15) is 0 Å². The number of thiazole rings is 1. The van der Waals surface area contributed by atoms with Crippen LogP contribution in [-0.2, 0) is 17.8 Å². The molecular formula is C14H16N2O2S. The van der Waals surface area contributed by atoms with Gasteiger partial charge >= 0.3 is 0 Å². The molecule has 0 radical (unpaired) electrons. The van der Waals surface area contributed by atoms with Crippen molar-refractivity contribution in [2.75, 3.05) is 14.2 Å². The van der Waals surface area contributed by atoms with Gasteiger partial charge in [0, 0.05) is 24.2 Å². The number of carbonyl (C=O) groups is 1. The number of hydrogen-bond acceptors (Lipinski definition) is 4. The van der Waals surface area contributed by atoms with Crippen LogP contribution in [0.4, 0.5) is 0 Å². The molecule has 0 fully saturated rings. The van der Waals surface area contributed by atoms with Crippen molar-refractivity contribution in [3.05, 3.63) is 46.4 Å². The molecule has 0 aliphatic carbocycles. The highest BCUT2D eigenvalue weighted by atomic mass is 32.1. The molecule has 2 aromatic rings. The number of nitrogens with zero attached hydrogens (tertiary/aromatic N) is 2. The second kappa shape index (κ2) is 6.33. The lowest BCUT2D eigenvalue weighted by Crippen LogP contribution is -2.27. The molecule has 0 aliphatic heterocycles. The molecule has 0 saturated carbocycles. The summed E-state index contributed by atoms with van der Waals surface area (Å²) in [5.74, 6) is 0.804. The largest absolute Gasteiger partial charge is 0.496 e. The zero-order chi connectivity index (χ0) is 13.7. The van der Waals surface area contributed by atoms with Gasteiger partial charge in [0.25, 0.3) is 0 Å². The first kappa shape index (κ1) is 13.5. The minimum absolute atomic E-state index is 0.0553. The van der Waals surface area contributed by atoms with E-state index >= 15 is 0 Å². The fourth-order valence-electron chi connectivity index (χ4n) is 1.77. The van der Waals surface area contributed by atoms with Gasteiger partial charge in [-0.1, -0.05) is 18.2 Å². The van der Waals surface area contributed by atoms with Crippen LogP contribution in [-0.4, -0.2) is 29.9 Å². The van der Waals surface area contributed by atoms with Crippen molar-refractivity contribution in [1.82, 2.24) is 9.88 Å². The Morgan fingerprint density at radius 3 is 2.89 bits per heavy atom. The summed E-state index contributed by atoms with van der Waals surface area (Å²) in [4.78, 5) is 18.0. The van der Waals surface area contributed by atoms with Crippen LogP contribution >= 0.6 is 11.3 Å². The van der Waals surface area contributed by atoms with E-state index in [1.165, 1.54) is 0 Å². The van der Waals surface area contributed by atoms with Crippen molar-refractivity contribution in [3.63, 3.8) is 0 Å². The highest BCUT2D eigenvalue weighted by Crippen LogP contribution is 2.18. The first-order valence-corrected chi connectivity index (χ1v) is 6.83. The molecule has 19 heavy (non-hydrogen) atoms. The normalized spacial score (nSPS) is 10.2. The number of hydrogen-bond donors (Lipinski definition) is 0. The molecule has 0 atom stereocenters. The van der Waals surface area contributed by atoms with Crippen LogP contribution in [0.25, 0.3) is 0 Å². The average Bonchev–Trinajstić information content (AvgIpc) is 2.92. The number of para-hydroxylation sites is 1. The van der Waals surface area contributed by atoms with E-state index < -0.39 is 0 Å². The molecule has 0 spiro atoms. The van der Waals surface area contributed by atoms with Crippen LogP contribution in [0.15, 0.2) is 35.8 Å². The second-order valence-corrected chi connectivity index (χ2v) is 5.14. The Morgan fingerprint density at radius 1 is 1.42 bits per heavy atom. The minimum Gasteiger partial charge on any atom is -0.496 e. The zero-order valence-electron chi connectivity index (χ0n) is 11.0. The van der Waals surface area contributed by atoms with Gasteiger partial charge < -0.3 is 9.64 Å². The third-order valence-corrected chi connectivity index (χ3v) is 3.58. The van der Waals surface area contributed by atoms with Gasteiger partial charge in [0.15, 0.2) is 0 Å². The molecule has 0 aliphatic rings. The van der Waals surface area contributed by atoms with E-state index in [4.69, 9.17) is 4.74 Å². The number of benzene rings is 1. The molecule has 5 heteroatoms. The Hall–Kier alpha value is -1.88. The summed E-state index contributed by atoms with van der Waals surface area (Å²) < 4.78 is 5.25. The van der Waals surface area contributed by atoms with Crippen LogP contribution in [0.2, 0.25) is 0 Å². The zero-order valence-corrected chi connectivity index (χ0v) is 11.8. The first-order chi connectivity index (χ1) is 9.20. The lowest BCUT2D eigenvalue weighted by atomic mass is 10.1. The van der Waals surface area contributed by atoms with E-state index in [1.54, 1.807) is 36.6 Å². The number of methoxy groups -OCH3 is 1. The van der Waals surface area contributed by atoms with E-state index in [2.05, 4.69) is 4.98 Å².